The number of aliphatic hydroxyl groups is 1. The Labute approximate surface area is 260 Å². The number of aliphatic hydroxyl groups excluding tert-OH is 1. The first kappa shape index (κ1) is 27.9. The monoisotopic (exact) mass is 615 g/mol. The number of rotatable bonds is 5. The van der Waals surface area contributed by atoms with Crippen LogP contribution in [0, 0.1) is 5.82 Å². The number of ether oxygens (including phenoxy) is 2. The molecule has 4 fully saturated rings. The van der Waals surface area contributed by atoms with Gasteiger partial charge in [0.1, 0.15) is 36.5 Å². The third-order valence-electron chi connectivity index (χ3n) is 11.3. The summed E-state index contributed by atoms with van der Waals surface area (Å²) in [7, 11) is 0. The standard InChI is InChI=1S/C35H39F2N5O3/c1-2-19-5-3-6-20-11-23(43)12-24(29(19)20)25-13-28-30-32(31(25)37)39-34(45-18-35-9-4-10-41(35)15-21(36)14-35)40-33(30)42-16-22-7-8-26(38-22)27(42)17-44-28/h3,5-6,11,13,21-23,26-27,38,43H,2,4,7-10,12,14-18H2,1H3/t21-,22-,23-,26+,27-,35-/m0/s1. The molecule has 0 unspecified atom stereocenters. The molecule has 236 valence electrons. The molecule has 2 aromatic carbocycles. The number of hydrogen-bond acceptors (Lipinski definition) is 8. The van der Waals surface area contributed by atoms with Crippen LogP contribution in [-0.2, 0) is 6.42 Å². The predicted octanol–water partition coefficient (Wildman–Crippen LogP) is 2.73. The summed E-state index contributed by atoms with van der Waals surface area (Å²) in [6, 6.07) is 8.56. The van der Waals surface area contributed by atoms with Crippen molar-refractivity contribution in [1.29, 1.82) is 0 Å². The number of benzene rings is 2. The molecule has 45 heavy (non-hydrogen) atoms. The molecule has 2 N–H and O–H groups in total. The van der Waals surface area contributed by atoms with Crippen LogP contribution in [-0.4, -0.2) is 88.8 Å². The highest BCUT2D eigenvalue weighted by atomic mass is 19.1. The van der Waals surface area contributed by atoms with Crippen LogP contribution in [0.2, 0.25) is 0 Å². The molecule has 3 aromatic rings. The van der Waals surface area contributed by atoms with Crippen LogP contribution in [0.3, 0.4) is 0 Å². The van der Waals surface area contributed by atoms with Crippen molar-refractivity contribution in [2.45, 2.75) is 87.8 Å². The van der Waals surface area contributed by atoms with Crippen LogP contribution in [0.4, 0.5) is 14.6 Å². The van der Waals surface area contributed by atoms with E-state index in [4.69, 9.17) is 19.4 Å². The third kappa shape index (κ3) is 4.32. The second-order valence-electron chi connectivity index (χ2n) is 13.9. The molecule has 0 saturated carbocycles. The van der Waals surface area contributed by atoms with Crippen LogP contribution < -0.4 is 30.1 Å². The number of hydrogen-bond donors (Lipinski definition) is 2. The topological polar surface area (TPSA) is 83.0 Å². The third-order valence-corrected chi connectivity index (χ3v) is 11.3. The summed E-state index contributed by atoms with van der Waals surface area (Å²) in [5.41, 5.74) is 2.03. The van der Waals surface area contributed by atoms with Gasteiger partial charge in [0.15, 0.2) is 5.82 Å². The number of nitrogens with one attached hydrogen (secondary N) is 1. The lowest BCUT2D eigenvalue weighted by Gasteiger charge is -2.40. The van der Waals surface area contributed by atoms with Gasteiger partial charge in [0.2, 0.25) is 0 Å². The fourth-order valence-electron chi connectivity index (χ4n) is 9.22. The average molecular weight is 616 g/mol. The van der Waals surface area contributed by atoms with Gasteiger partial charge in [-0.05, 0) is 72.4 Å². The fraction of sp³-hybridized carbons (Fsp3) is 0.543. The minimum Gasteiger partial charge on any atom is -0.491 e. The van der Waals surface area contributed by atoms with Crippen molar-refractivity contribution in [2.75, 3.05) is 37.7 Å². The van der Waals surface area contributed by atoms with E-state index in [0.29, 0.717) is 54.6 Å². The van der Waals surface area contributed by atoms with E-state index < -0.39 is 18.1 Å². The van der Waals surface area contributed by atoms with Gasteiger partial charge in [0.25, 0.3) is 0 Å². The van der Waals surface area contributed by atoms with Crippen molar-refractivity contribution >= 4 is 28.4 Å². The molecular weight excluding hydrogens is 576 g/mol. The van der Waals surface area contributed by atoms with Gasteiger partial charge in [0.05, 0.1) is 23.1 Å². The zero-order valence-electron chi connectivity index (χ0n) is 25.6. The Morgan fingerprint density at radius 2 is 2.13 bits per heavy atom. The summed E-state index contributed by atoms with van der Waals surface area (Å²) in [6.07, 6.45) is 5.76. The summed E-state index contributed by atoms with van der Waals surface area (Å²) < 4.78 is 44.6. The number of piperazine rings is 1. The summed E-state index contributed by atoms with van der Waals surface area (Å²) in [6.45, 7) is 4.84. The number of anilines is 1. The molecule has 0 radical (unpaired) electrons. The highest BCUT2D eigenvalue weighted by Crippen LogP contribution is 2.45. The van der Waals surface area contributed by atoms with E-state index in [1.165, 1.54) is 0 Å². The van der Waals surface area contributed by atoms with Crippen molar-refractivity contribution in [2.24, 2.45) is 0 Å². The Morgan fingerprint density at radius 1 is 1.22 bits per heavy atom. The Balaban J connectivity index is 1.24. The lowest BCUT2D eigenvalue weighted by atomic mass is 9.88. The van der Waals surface area contributed by atoms with E-state index in [9.17, 15) is 9.50 Å². The molecule has 0 spiro atoms. The molecule has 8 nitrogen and oxygen atoms in total. The highest BCUT2D eigenvalue weighted by molar-refractivity contribution is 5.98. The van der Waals surface area contributed by atoms with Crippen LogP contribution in [0.1, 0.15) is 56.6 Å². The summed E-state index contributed by atoms with van der Waals surface area (Å²) in [4.78, 5) is 14.2. The smallest absolute Gasteiger partial charge is 0.319 e. The number of nitrogens with zero attached hydrogens (tertiary/aromatic N) is 4. The minimum absolute atomic E-state index is 0.0332. The molecule has 6 atom stereocenters. The van der Waals surface area contributed by atoms with E-state index in [0.717, 1.165) is 66.8 Å². The molecule has 1 aliphatic carbocycles. The number of halogens is 2. The molecule has 1 aromatic heterocycles. The van der Waals surface area contributed by atoms with Crippen molar-refractivity contribution in [3.8, 4) is 11.8 Å². The molecule has 4 saturated heterocycles. The molecule has 6 heterocycles. The van der Waals surface area contributed by atoms with Crippen LogP contribution >= 0.6 is 0 Å². The molecule has 6 aliphatic rings. The highest BCUT2D eigenvalue weighted by Gasteiger charge is 2.50. The van der Waals surface area contributed by atoms with E-state index in [2.05, 4.69) is 28.1 Å². The number of fused-ring (bicyclic) bond motifs is 7. The zero-order chi connectivity index (χ0) is 30.4. The second kappa shape index (κ2) is 10.3. The Morgan fingerprint density at radius 3 is 3.02 bits per heavy atom. The Hall–Kier alpha value is -3.34. The quantitative estimate of drug-likeness (QED) is 0.454. The van der Waals surface area contributed by atoms with Crippen molar-refractivity contribution < 1.29 is 23.4 Å². The summed E-state index contributed by atoms with van der Waals surface area (Å²) >= 11 is 0. The molecule has 5 aliphatic heterocycles. The van der Waals surface area contributed by atoms with Crippen LogP contribution in [0.25, 0.3) is 22.6 Å². The average Bonchev–Trinajstić information content (AvgIpc) is 3.67. The van der Waals surface area contributed by atoms with Crippen LogP contribution in [0.15, 0.2) is 24.3 Å². The lowest BCUT2D eigenvalue weighted by molar-refractivity contribution is 0.107. The first-order chi connectivity index (χ1) is 21.9. The fourth-order valence-corrected chi connectivity index (χ4v) is 9.22. The predicted molar refractivity (Wildman–Crippen MR) is 167 cm³/mol. The van der Waals surface area contributed by atoms with E-state index in [-0.39, 0.29) is 35.8 Å². The first-order valence-electron chi connectivity index (χ1n) is 16.6. The lowest BCUT2D eigenvalue weighted by Crippen LogP contribution is -2.60. The largest absolute Gasteiger partial charge is 0.491 e. The van der Waals surface area contributed by atoms with E-state index in [1.807, 2.05) is 18.2 Å². The van der Waals surface area contributed by atoms with Crippen molar-refractivity contribution in [3.63, 3.8) is 0 Å². The SMILES string of the molecule is CCc1cccc2c1=C(c1cc3c4c(nc(OC[C@@]56CCCN5C[C@@H](F)C6)nc4c1F)N1C[C@@H]4CC[C@@H](N4)[C@@H]1CO3)C[C@@H](O)C=2. The molecule has 0 amide bonds. The minimum atomic E-state index is -0.871. The van der Waals surface area contributed by atoms with E-state index in [1.54, 1.807) is 6.07 Å². The van der Waals surface area contributed by atoms with Gasteiger partial charge in [-0.1, -0.05) is 25.1 Å². The number of alkyl halides is 1. The van der Waals surface area contributed by atoms with Gasteiger partial charge in [-0.2, -0.15) is 9.97 Å². The van der Waals surface area contributed by atoms with Crippen LogP contribution in [0.5, 0.6) is 11.8 Å². The first-order valence-corrected chi connectivity index (χ1v) is 16.6. The summed E-state index contributed by atoms with van der Waals surface area (Å²) in [5.74, 6) is 0.731. The van der Waals surface area contributed by atoms with Gasteiger partial charge < -0.3 is 24.8 Å². The van der Waals surface area contributed by atoms with Gasteiger partial charge in [-0.15, -0.1) is 0 Å². The molecule has 2 bridgehead atoms. The Bertz CT molecular complexity index is 1840. The number of aromatic nitrogens is 2. The molecule has 9 rings (SSSR count). The number of aryl methyl sites for hydroxylation is 1. The van der Waals surface area contributed by atoms with Crippen molar-refractivity contribution in [1.82, 2.24) is 20.2 Å². The normalized spacial score (nSPS) is 31.7. The Kier molecular flexibility index (Phi) is 6.41. The van der Waals surface area contributed by atoms with Gasteiger partial charge in [-0.3, -0.25) is 4.90 Å². The van der Waals surface area contributed by atoms with Gasteiger partial charge in [-0.25, -0.2) is 8.78 Å². The second-order valence-corrected chi connectivity index (χ2v) is 13.9. The van der Waals surface area contributed by atoms with Gasteiger partial charge in [0, 0.05) is 43.6 Å². The molecular formula is C35H39F2N5O3. The van der Waals surface area contributed by atoms with E-state index >= 15 is 4.39 Å². The summed E-state index contributed by atoms with van der Waals surface area (Å²) in [5, 5.41) is 17.0. The van der Waals surface area contributed by atoms with Gasteiger partial charge >= 0.3 is 6.01 Å². The zero-order valence-corrected chi connectivity index (χ0v) is 25.6. The molecule has 10 heteroatoms. The maximum absolute atomic E-state index is 17.1. The maximum Gasteiger partial charge on any atom is 0.319 e. The maximum atomic E-state index is 17.1. The van der Waals surface area contributed by atoms with Crippen molar-refractivity contribution in [3.05, 3.63) is 51.6 Å².